The molecule has 0 unspecified atom stereocenters. The molecule has 3 amide bonds. The number of carbonyl (C=O) groups excluding carboxylic acids is 2. The lowest BCUT2D eigenvalue weighted by molar-refractivity contribution is -0.134. The third kappa shape index (κ3) is 3.79. The number of carbonyl (C=O) groups is 2. The maximum absolute atomic E-state index is 12.5. The fourth-order valence-corrected chi connectivity index (χ4v) is 3.99. The topological polar surface area (TPSA) is 75.0 Å². The van der Waals surface area contributed by atoms with E-state index < -0.39 is 0 Å². The van der Waals surface area contributed by atoms with Gasteiger partial charge in [-0.1, -0.05) is 0 Å². The predicted molar refractivity (Wildman–Crippen MR) is 106 cm³/mol. The molecule has 1 aliphatic carbocycles. The smallest absolute Gasteiger partial charge is 0.317 e. The van der Waals surface area contributed by atoms with Crippen LogP contribution in [-0.4, -0.2) is 61.1 Å². The summed E-state index contributed by atoms with van der Waals surface area (Å²) in [6.07, 6.45) is 4.41. The molecule has 0 spiro atoms. The molecule has 0 atom stereocenters. The Morgan fingerprint density at radius 1 is 1.11 bits per heavy atom. The van der Waals surface area contributed by atoms with Crippen molar-refractivity contribution in [3.8, 4) is 5.75 Å². The summed E-state index contributed by atoms with van der Waals surface area (Å²) in [5.74, 6) is 1.74. The minimum absolute atomic E-state index is 0.00665. The highest BCUT2D eigenvalue weighted by Crippen LogP contribution is 2.33. The molecule has 1 aliphatic heterocycles. The quantitative estimate of drug-likeness (QED) is 0.878. The van der Waals surface area contributed by atoms with Gasteiger partial charge >= 0.3 is 6.03 Å². The fourth-order valence-electron chi connectivity index (χ4n) is 3.99. The highest BCUT2D eigenvalue weighted by atomic mass is 16.5. The van der Waals surface area contributed by atoms with Gasteiger partial charge in [-0.15, -0.1) is 0 Å². The van der Waals surface area contributed by atoms with Gasteiger partial charge in [-0.3, -0.25) is 4.79 Å². The van der Waals surface area contributed by atoms with Crippen molar-refractivity contribution in [2.75, 3.05) is 39.3 Å². The summed E-state index contributed by atoms with van der Waals surface area (Å²) in [6, 6.07) is 5.71. The van der Waals surface area contributed by atoms with Gasteiger partial charge in [0.1, 0.15) is 17.1 Å². The van der Waals surface area contributed by atoms with E-state index in [-0.39, 0.29) is 18.5 Å². The Balaban J connectivity index is 1.33. The van der Waals surface area contributed by atoms with Crippen molar-refractivity contribution in [1.29, 1.82) is 0 Å². The van der Waals surface area contributed by atoms with Crippen LogP contribution in [0, 0.1) is 0 Å². The van der Waals surface area contributed by atoms with Gasteiger partial charge in [0.25, 0.3) is 5.91 Å². The molecule has 1 saturated heterocycles. The molecular weight excluding hydrogens is 358 g/mol. The lowest BCUT2D eigenvalue weighted by Crippen LogP contribution is -2.53. The van der Waals surface area contributed by atoms with Crippen molar-refractivity contribution in [1.82, 2.24) is 15.1 Å². The molecule has 1 fully saturated rings. The average Bonchev–Trinajstić information content (AvgIpc) is 3.10. The molecular formula is C21H27N3O4. The van der Waals surface area contributed by atoms with Crippen LogP contribution in [0.25, 0.3) is 11.0 Å². The molecule has 1 N–H and O–H groups in total. The molecule has 1 aromatic carbocycles. The molecule has 7 nitrogen and oxygen atoms in total. The summed E-state index contributed by atoms with van der Waals surface area (Å²) in [5, 5.41) is 3.90. The highest BCUT2D eigenvalue weighted by Gasteiger charge is 2.24. The molecule has 150 valence electrons. The number of benzene rings is 1. The second-order valence-corrected chi connectivity index (χ2v) is 7.36. The van der Waals surface area contributed by atoms with Crippen LogP contribution in [0.15, 0.2) is 22.6 Å². The van der Waals surface area contributed by atoms with E-state index in [1.807, 2.05) is 25.1 Å². The van der Waals surface area contributed by atoms with Gasteiger partial charge in [0, 0.05) is 50.1 Å². The van der Waals surface area contributed by atoms with Crippen molar-refractivity contribution < 1.29 is 18.7 Å². The van der Waals surface area contributed by atoms with Gasteiger partial charge in [-0.25, -0.2) is 4.79 Å². The van der Waals surface area contributed by atoms with Crippen molar-refractivity contribution in [3.05, 3.63) is 29.5 Å². The normalized spacial score (nSPS) is 16.8. The number of piperazine rings is 1. The molecule has 0 bridgehead atoms. The Morgan fingerprint density at radius 2 is 1.86 bits per heavy atom. The zero-order valence-electron chi connectivity index (χ0n) is 16.3. The van der Waals surface area contributed by atoms with Gasteiger partial charge in [0.15, 0.2) is 6.61 Å². The first-order valence-electron chi connectivity index (χ1n) is 10.1. The summed E-state index contributed by atoms with van der Waals surface area (Å²) < 4.78 is 11.7. The van der Waals surface area contributed by atoms with E-state index >= 15 is 0 Å². The molecule has 0 saturated carbocycles. The first-order chi connectivity index (χ1) is 13.7. The number of aryl methyl sites for hydroxylation is 2. The van der Waals surface area contributed by atoms with E-state index in [0.29, 0.717) is 38.5 Å². The Bertz CT molecular complexity index is 868. The fraction of sp³-hybridized carbons (Fsp3) is 0.524. The van der Waals surface area contributed by atoms with Crippen molar-refractivity contribution in [3.63, 3.8) is 0 Å². The number of hydrogen-bond donors (Lipinski definition) is 1. The Morgan fingerprint density at radius 3 is 2.64 bits per heavy atom. The molecule has 2 aliphatic rings. The van der Waals surface area contributed by atoms with Gasteiger partial charge in [0.2, 0.25) is 0 Å². The van der Waals surface area contributed by atoms with Crippen molar-refractivity contribution in [2.45, 2.75) is 32.6 Å². The third-order valence-electron chi connectivity index (χ3n) is 5.54. The lowest BCUT2D eigenvalue weighted by Gasteiger charge is -2.34. The molecule has 2 heterocycles. The van der Waals surface area contributed by atoms with Crippen LogP contribution in [0.1, 0.15) is 31.1 Å². The number of nitrogens with one attached hydrogen (secondary N) is 1. The van der Waals surface area contributed by atoms with Crippen molar-refractivity contribution >= 4 is 22.9 Å². The van der Waals surface area contributed by atoms with E-state index in [2.05, 4.69) is 5.32 Å². The molecule has 7 heteroatoms. The zero-order valence-corrected chi connectivity index (χ0v) is 16.3. The second kappa shape index (κ2) is 8.12. The predicted octanol–water partition coefficient (Wildman–Crippen LogP) is 2.56. The molecule has 4 rings (SSSR count). The van der Waals surface area contributed by atoms with Crippen LogP contribution in [0.4, 0.5) is 4.79 Å². The number of ether oxygens (including phenoxy) is 1. The van der Waals surface area contributed by atoms with E-state index in [1.165, 1.54) is 18.4 Å². The largest absolute Gasteiger partial charge is 0.484 e. The van der Waals surface area contributed by atoms with Crippen LogP contribution < -0.4 is 10.1 Å². The first-order valence-corrected chi connectivity index (χ1v) is 10.1. The van der Waals surface area contributed by atoms with Crippen LogP contribution >= 0.6 is 0 Å². The number of furan rings is 1. The van der Waals surface area contributed by atoms with E-state index in [9.17, 15) is 9.59 Å². The van der Waals surface area contributed by atoms with Crippen LogP contribution in [0.5, 0.6) is 5.75 Å². The molecule has 28 heavy (non-hydrogen) atoms. The number of amides is 3. The SMILES string of the molecule is CCNC(=O)N1CCN(C(=O)COc2ccc3oc4c(c3c2)CCCC4)CC1. The number of hydrogen-bond acceptors (Lipinski definition) is 4. The van der Waals surface area contributed by atoms with Crippen molar-refractivity contribution in [2.24, 2.45) is 0 Å². The maximum atomic E-state index is 12.5. The van der Waals surface area contributed by atoms with Gasteiger partial charge in [-0.05, 0) is 44.4 Å². The Kier molecular flexibility index (Phi) is 5.41. The number of fused-ring (bicyclic) bond motifs is 3. The third-order valence-corrected chi connectivity index (χ3v) is 5.54. The summed E-state index contributed by atoms with van der Waals surface area (Å²) >= 11 is 0. The number of nitrogens with zero attached hydrogens (tertiary/aromatic N) is 2. The first kappa shape index (κ1) is 18.7. The lowest BCUT2D eigenvalue weighted by atomic mass is 9.96. The Labute approximate surface area is 164 Å². The standard InChI is InChI=1S/C21H27N3O4/c1-2-22-21(26)24-11-9-23(10-12-24)20(25)14-27-15-7-8-19-17(13-15)16-5-3-4-6-18(16)28-19/h7-8,13H,2-6,9-12,14H2,1H3,(H,22,26). The van der Waals surface area contributed by atoms with Crippen LogP contribution in [0.3, 0.4) is 0 Å². The monoisotopic (exact) mass is 385 g/mol. The summed E-state index contributed by atoms with van der Waals surface area (Å²) in [5.41, 5.74) is 2.19. The van der Waals surface area contributed by atoms with Gasteiger partial charge in [-0.2, -0.15) is 0 Å². The number of rotatable bonds is 4. The minimum Gasteiger partial charge on any atom is -0.484 e. The summed E-state index contributed by atoms with van der Waals surface area (Å²) in [4.78, 5) is 27.8. The van der Waals surface area contributed by atoms with E-state index in [1.54, 1.807) is 9.80 Å². The van der Waals surface area contributed by atoms with Crippen LogP contribution in [0.2, 0.25) is 0 Å². The van der Waals surface area contributed by atoms with Gasteiger partial charge in [0.05, 0.1) is 0 Å². The Hall–Kier alpha value is -2.70. The van der Waals surface area contributed by atoms with E-state index in [0.717, 1.165) is 29.6 Å². The van der Waals surface area contributed by atoms with Crippen LogP contribution in [-0.2, 0) is 17.6 Å². The molecule has 0 radical (unpaired) electrons. The van der Waals surface area contributed by atoms with E-state index in [4.69, 9.17) is 9.15 Å². The van der Waals surface area contributed by atoms with Gasteiger partial charge < -0.3 is 24.3 Å². The average molecular weight is 385 g/mol. The number of urea groups is 1. The summed E-state index contributed by atoms with van der Waals surface area (Å²) in [6.45, 7) is 4.67. The summed E-state index contributed by atoms with van der Waals surface area (Å²) in [7, 11) is 0. The molecule has 1 aromatic heterocycles. The minimum atomic E-state index is -0.0670. The zero-order chi connectivity index (χ0) is 19.5. The molecule has 2 aromatic rings. The second-order valence-electron chi connectivity index (χ2n) is 7.36. The highest BCUT2D eigenvalue weighted by molar-refractivity contribution is 5.84. The maximum Gasteiger partial charge on any atom is 0.317 e.